The van der Waals surface area contributed by atoms with Crippen LogP contribution < -0.4 is 4.74 Å². The van der Waals surface area contributed by atoms with Gasteiger partial charge in [0.2, 0.25) is 0 Å². The van der Waals surface area contributed by atoms with Gasteiger partial charge in [-0.3, -0.25) is 4.98 Å². The largest absolute Gasteiger partial charge is 0.497 e. The number of rotatable bonds is 4. The van der Waals surface area contributed by atoms with Crippen LogP contribution in [-0.4, -0.2) is 17.2 Å². The van der Waals surface area contributed by atoms with Crippen molar-refractivity contribution in [2.75, 3.05) is 7.11 Å². The standard InChI is InChI=1S/C15H16ClNO2/c1-15(18,9-11-7-8-17-10-14(11)16)12-3-5-13(19-2)6-4-12/h3-8,10,18H,9H2,1-2H3. The smallest absolute Gasteiger partial charge is 0.118 e. The Morgan fingerprint density at radius 2 is 1.95 bits per heavy atom. The van der Waals surface area contributed by atoms with Crippen molar-refractivity contribution in [1.82, 2.24) is 4.98 Å². The lowest BCUT2D eigenvalue weighted by atomic mass is 9.89. The zero-order valence-corrected chi connectivity index (χ0v) is 11.7. The van der Waals surface area contributed by atoms with E-state index in [1.54, 1.807) is 26.4 Å². The van der Waals surface area contributed by atoms with Crippen molar-refractivity contribution in [3.05, 3.63) is 58.9 Å². The monoisotopic (exact) mass is 277 g/mol. The van der Waals surface area contributed by atoms with Gasteiger partial charge in [0.15, 0.2) is 0 Å². The summed E-state index contributed by atoms with van der Waals surface area (Å²) in [6.45, 7) is 1.77. The summed E-state index contributed by atoms with van der Waals surface area (Å²) < 4.78 is 5.11. The van der Waals surface area contributed by atoms with Crippen LogP contribution in [0.4, 0.5) is 0 Å². The molecule has 0 aliphatic carbocycles. The lowest BCUT2D eigenvalue weighted by Crippen LogP contribution is -2.24. The highest BCUT2D eigenvalue weighted by atomic mass is 35.5. The Bertz CT molecular complexity index is 552. The number of aliphatic hydroxyl groups is 1. The average molecular weight is 278 g/mol. The molecule has 0 aliphatic rings. The van der Waals surface area contributed by atoms with Gasteiger partial charge in [0, 0.05) is 18.8 Å². The molecule has 100 valence electrons. The minimum atomic E-state index is -0.989. The zero-order valence-electron chi connectivity index (χ0n) is 10.9. The fourth-order valence-corrected chi connectivity index (χ4v) is 2.16. The molecular weight excluding hydrogens is 262 g/mol. The number of nitrogens with zero attached hydrogens (tertiary/aromatic N) is 1. The van der Waals surface area contributed by atoms with Crippen LogP contribution in [0.15, 0.2) is 42.7 Å². The van der Waals surface area contributed by atoms with E-state index in [1.165, 1.54) is 0 Å². The number of pyridine rings is 1. The van der Waals surface area contributed by atoms with Gasteiger partial charge in [-0.2, -0.15) is 0 Å². The van der Waals surface area contributed by atoms with Crippen LogP contribution in [-0.2, 0) is 12.0 Å². The first-order valence-electron chi connectivity index (χ1n) is 5.98. The predicted molar refractivity (Wildman–Crippen MR) is 75.5 cm³/mol. The van der Waals surface area contributed by atoms with Crippen LogP contribution in [0.25, 0.3) is 0 Å². The lowest BCUT2D eigenvalue weighted by molar-refractivity contribution is 0.0576. The number of halogens is 1. The third-order valence-corrected chi connectivity index (χ3v) is 3.44. The van der Waals surface area contributed by atoms with Gasteiger partial charge in [-0.1, -0.05) is 23.7 Å². The molecule has 1 heterocycles. The van der Waals surface area contributed by atoms with Crippen molar-refractivity contribution in [1.29, 1.82) is 0 Å². The summed E-state index contributed by atoms with van der Waals surface area (Å²) >= 11 is 6.07. The van der Waals surface area contributed by atoms with E-state index in [-0.39, 0.29) is 0 Å². The maximum Gasteiger partial charge on any atom is 0.118 e. The first-order valence-corrected chi connectivity index (χ1v) is 6.36. The minimum absolute atomic E-state index is 0.431. The molecule has 0 saturated heterocycles. The van der Waals surface area contributed by atoms with Crippen LogP contribution in [0.5, 0.6) is 5.75 Å². The molecule has 1 atom stereocenters. The van der Waals surface area contributed by atoms with E-state index in [0.29, 0.717) is 11.4 Å². The fourth-order valence-electron chi connectivity index (χ4n) is 1.97. The zero-order chi connectivity index (χ0) is 13.9. The Labute approximate surface area is 117 Å². The molecule has 3 nitrogen and oxygen atoms in total. The number of methoxy groups -OCH3 is 1. The van der Waals surface area contributed by atoms with Crippen molar-refractivity contribution < 1.29 is 9.84 Å². The van der Waals surface area contributed by atoms with Crippen LogP contribution in [0.2, 0.25) is 5.02 Å². The Morgan fingerprint density at radius 3 is 2.53 bits per heavy atom. The Balaban J connectivity index is 2.24. The van der Waals surface area contributed by atoms with Crippen LogP contribution in [0, 0.1) is 0 Å². The second-order valence-corrected chi connectivity index (χ2v) is 5.05. The molecule has 0 amide bonds. The molecular formula is C15H16ClNO2. The summed E-state index contributed by atoms with van der Waals surface area (Å²) in [5.74, 6) is 0.765. The van der Waals surface area contributed by atoms with Crippen molar-refractivity contribution in [2.45, 2.75) is 18.9 Å². The third-order valence-electron chi connectivity index (χ3n) is 3.10. The molecule has 1 aromatic carbocycles. The van der Waals surface area contributed by atoms with E-state index >= 15 is 0 Å². The maximum absolute atomic E-state index is 10.6. The number of hydrogen-bond acceptors (Lipinski definition) is 3. The lowest BCUT2D eigenvalue weighted by Gasteiger charge is -2.24. The number of benzene rings is 1. The quantitative estimate of drug-likeness (QED) is 0.933. The van der Waals surface area contributed by atoms with Gasteiger partial charge in [-0.25, -0.2) is 0 Å². The maximum atomic E-state index is 10.6. The highest BCUT2D eigenvalue weighted by Gasteiger charge is 2.24. The summed E-state index contributed by atoms with van der Waals surface area (Å²) in [5.41, 5.74) is 0.704. The van der Waals surface area contributed by atoms with Crippen LogP contribution in [0.1, 0.15) is 18.1 Å². The third kappa shape index (κ3) is 3.25. The molecule has 1 unspecified atom stereocenters. The van der Waals surface area contributed by atoms with Crippen LogP contribution in [0.3, 0.4) is 0 Å². The Hall–Kier alpha value is -1.58. The van der Waals surface area contributed by atoms with E-state index in [2.05, 4.69) is 4.98 Å². The van der Waals surface area contributed by atoms with Gasteiger partial charge in [-0.05, 0) is 36.2 Å². The summed E-state index contributed by atoms with van der Waals surface area (Å²) in [4.78, 5) is 3.94. The normalized spacial score (nSPS) is 13.9. The molecule has 0 aliphatic heterocycles. The Kier molecular flexibility index (Phi) is 4.08. The molecule has 0 fully saturated rings. The molecule has 2 rings (SSSR count). The Morgan fingerprint density at radius 1 is 1.26 bits per heavy atom. The van der Waals surface area contributed by atoms with Crippen molar-refractivity contribution >= 4 is 11.6 Å². The molecule has 0 saturated carbocycles. The summed E-state index contributed by atoms with van der Waals surface area (Å²) in [5, 5.41) is 11.2. The van der Waals surface area contributed by atoms with E-state index in [0.717, 1.165) is 16.9 Å². The highest BCUT2D eigenvalue weighted by molar-refractivity contribution is 6.31. The molecule has 1 N–H and O–H groups in total. The van der Waals surface area contributed by atoms with Gasteiger partial charge >= 0.3 is 0 Å². The van der Waals surface area contributed by atoms with Gasteiger partial charge in [0.1, 0.15) is 5.75 Å². The first kappa shape index (κ1) is 13.8. The van der Waals surface area contributed by atoms with E-state index in [4.69, 9.17) is 16.3 Å². The minimum Gasteiger partial charge on any atom is -0.497 e. The van der Waals surface area contributed by atoms with Gasteiger partial charge in [-0.15, -0.1) is 0 Å². The topological polar surface area (TPSA) is 42.4 Å². The van der Waals surface area contributed by atoms with E-state index in [9.17, 15) is 5.11 Å². The predicted octanol–water partition coefficient (Wildman–Crippen LogP) is 3.19. The molecule has 1 aromatic heterocycles. The van der Waals surface area contributed by atoms with Crippen molar-refractivity contribution in [2.24, 2.45) is 0 Å². The first-order chi connectivity index (χ1) is 9.03. The van der Waals surface area contributed by atoms with Crippen LogP contribution >= 0.6 is 11.6 Å². The van der Waals surface area contributed by atoms with Gasteiger partial charge in [0.25, 0.3) is 0 Å². The fraction of sp³-hybridized carbons (Fsp3) is 0.267. The molecule has 4 heteroatoms. The number of hydrogen-bond donors (Lipinski definition) is 1. The second kappa shape index (κ2) is 5.59. The molecule has 0 radical (unpaired) electrons. The highest BCUT2D eigenvalue weighted by Crippen LogP contribution is 2.29. The summed E-state index contributed by atoms with van der Waals surface area (Å²) in [6.07, 6.45) is 3.69. The number of ether oxygens (including phenoxy) is 1. The second-order valence-electron chi connectivity index (χ2n) is 4.65. The van der Waals surface area contributed by atoms with Gasteiger partial charge in [0.05, 0.1) is 17.7 Å². The van der Waals surface area contributed by atoms with E-state index in [1.807, 2.05) is 30.3 Å². The summed E-state index contributed by atoms with van der Waals surface area (Å²) in [7, 11) is 1.61. The molecule has 2 aromatic rings. The van der Waals surface area contributed by atoms with Crippen molar-refractivity contribution in [3.63, 3.8) is 0 Å². The average Bonchev–Trinajstić information content (AvgIpc) is 2.41. The number of aromatic nitrogens is 1. The molecule has 19 heavy (non-hydrogen) atoms. The van der Waals surface area contributed by atoms with E-state index < -0.39 is 5.60 Å². The SMILES string of the molecule is COc1ccc(C(C)(O)Cc2ccncc2Cl)cc1. The summed E-state index contributed by atoms with van der Waals surface area (Å²) in [6, 6.07) is 9.19. The van der Waals surface area contributed by atoms with Gasteiger partial charge < -0.3 is 9.84 Å². The molecule has 0 spiro atoms. The molecule has 0 bridgehead atoms. The van der Waals surface area contributed by atoms with Crippen molar-refractivity contribution in [3.8, 4) is 5.75 Å².